The lowest BCUT2D eigenvalue weighted by atomic mass is 9.57. The van der Waals surface area contributed by atoms with Gasteiger partial charge >= 0.3 is 0 Å². The van der Waals surface area contributed by atoms with Gasteiger partial charge in [0.1, 0.15) is 28.6 Å². The number of aromatic hydroxyl groups is 1. The molecule has 0 radical (unpaired) electrons. The van der Waals surface area contributed by atoms with Crippen LogP contribution in [0.4, 0.5) is 0 Å². The van der Waals surface area contributed by atoms with Crippen LogP contribution in [-0.4, -0.2) is 74.3 Å². The van der Waals surface area contributed by atoms with Crippen LogP contribution in [0.3, 0.4) is 0 Å². The van der Waals surface area contributed by atoms with Crippen LogP contribution in [0.5, 0.6) is 5.75 Å². The van der Waals surface area contributed by atoms with Gasteiger partial charge in [0.05, 0.1) is 11.6 Å². The lowest BCUT2D eigenvalue weighted by Crippen LogP contribution is -2.65. The standard InChI is InChI=1S/C31H32N2O8/c1-14(34)9-10-16-11-18(15-7-5-4-6-8-15)19-12-17-13-20-24(33(2)3)27(37)23(30(32)40)29(39)31(20,41)28(38)21(17)26(36)22(19)25(16)35/h4-8,11,17,20,24,35-36,39,41H,9-10,12-13H2,1-3H3,(H2,32,40). The highest BCUT2D eigenvalue weighted by molar-refractivity contribution is 6.24. The maximum absolute atomic E-state index is 14.1. The number of nitrogens with zero attached hydrogens (tertiary/aromatic N) is 1. The number of likely N-dealkylation sites (N-methyl/N-ethyl adjacent to an activating group) is 1. The number of hydrogen-bond donors (Lipinski definition) is 5. The number of Topliss-reactive ketones (excluding diaryl/α,β-unsaturated/α-hetero) is 3. The van der Waals surface area contributed by atoms with Gasteiger partial charge in [-0.3, -0.25) is 19.3 Å². The molecule has 3 aliphatic rings. The summed E-state index contributed by atoms with van der Waals surface area (Å²) < 4.78 is 0. The summed E-state index contributed by atoms with van der Waals surface area (Å²) in [5.74, 6) is -7.02. The largest absolute Gasteiger partial charge is 0.508 e. The SMILES string of the molecule is CC(=O)CCc1cc(-c2ccccc2)c2c(c1O)C(O)=C1C(=O)C3(O)C(O)=C(C(N)=O)C(=O)C(N(C)C)C3CC1C2. The lowest BCUT2D eigenvalue weighted by Gasteiger charge is -2.50. The molecule has 1 fully saturated rings. The molecular formula is C31H32N2O8. The van der Waals surface area contributed by atoms with E-state index in [0.29, 0.717) is 16.7 Å². The van der Waals surface area contributed by atoms with Crippen molar-refractivity contribution < 1.29 is 39.6 Å². The second-order valence-corrected chi connectivity index (χ2v) is 11.3. The van der Waals surface area contributed by atoms with Crippen LogP contribution >= 0.6 is 0 Å². The first-order chi connectivity index (χ1) is 19.3. The zero-order valence-corrected chi connectivity index (χ0v) is 23.0. The molecule has 10 nitrogen and oxygen atoms in total. The highest BCUT2D eigenvalue weighted by Gasteiger charge is 2.64. The van der Waals surface area contributed by atoms with Crippen molar-refractivity contribution in [3.05, 3.63) is 70.0 Å². The van der Waals surface area contributed by atoms with E-state index in [2.05, 4.69) is 0 Å². The first-order valence-corrected chi connectivity index (χ1v) is 13.4. The van der Waals surface area contributed by atoms with Gasteiger partial charge in [-0.25, -0.2) is 0 Å². The Hall–Kier alpha value is -4.28. The predicted molar refractivity (Wildman–Crippen MR) is 149 cm³/mol. The van der Waals surface area contributed by atoms with Gasteiger partial charge in [0.25, 0.3) is 5.91 Å². The van der Waals surface area contributed by atoms with Crippen molar-refractivity contribution in [1.29, 1.82) is 0 Å². The number of primary amides is 1. The average molecular weight is 561 g/mol. The zero-order chi connectivity index (χ0) is 30.0. The molecule has 10 heteroatoms. The van der Waals surface area contributed by atoms with Crippen molar-refractivity contribution in [2.75, 3.05) is 14.1 Å². The minimum Gasteiger partial charge on any atom is -0.508 e. The van der Waals surface area contributed by atoms with Gasteiger partial charge in [-0.1, -0.05) is 30.3 Å². The molecule has 0 bridgehead atoms. The normalized spacial score (nSPS) is 25.6. The number of rotatable bonds is 6. The van der Waals surface area contributed by atoms with Gasteiger partial charge in [0, 0.05) is 17.9 Å². The van der Waals surface area contributed by atoms with Crippen LogP contribution in [-0.2, 0) is 32.0 Å². The summed E-state index contributed by atoms with van der Waals surface area (Å²) in [6, 6.07) is 9.93. The Kier molecular flexibility index (Phi) is 6.87. The number of amides is 1. The molecule has 2 aromatic carbocycles. The third-order valence-electron chi connectivity index (χ3n) is 8.63. The highest BCUT2D eigenvalue weighted by Crippen LogP contribution is 2.54. The summed E-state index contributed by atoms with van der Waals surface area (Å²) in [6.45, 7) is 1.44. The molecule has 0 saturated heterocycles. The minimum atomic E-state index is -2.70. The van der Waals surface area contributed by atoms with E-state index in [0.717, 1.165) is 5.56 Å². The molecule has 5 rings (SSSR count). The molecular weight excluding hydrogens is 528 g/mol. The first-order valence-electron chi connectivity index (χ1n) is 13.4. The lowest BCUT2D eigenvalue weighted by molar-refractivity contribution is -0.153. The Morgan fingerprint density at radius 2 is 1.76 bits per heavy atom. The Morgan fingerprint density at radius 1 is 1.10 bits per heavy atom. The fourth-order valence-corrected chi connectivity index (χ4v) is 6.74. The van der Waals surface area contributed by atoms with Crippen molar-refractivity contribution in [3.8, 4) is 16.9 Å². The van der Waals surface area contributed by atoms with Gasteiger partial charge in [-0.2, -0.15) is 0 Å². The maximum atomic E-state index is 14.1. The molecule has 214 valence electrons. The maximum Gasteiger partial charge on any atom is 0.255 e. The Bertz CT molecular complexity index is 1570. The Labute approximate surface area is 236 Å². The van der Waals surface area contributed by atoms with Crippen LogP contribution in [0, 0.1) is 11.8 Å². The van der Waals surface area contributed by atoms with Crippen LogP contribution in [0.15, 0.2) is 53.3 Å². The van der Waals surface area contributed by atoms with Crippen molar-refractivity contribution in [3.63, 3.8) is 0 Å². The summed E-state index contributed by atoms with van der Waals surface area (Å²) in [7, 11) is 3.11. The van der Waals surface area contributed by atoms with Crippen molar-refractivity contribution in [1.82, 2.24) is 4.90 Å². The third-order valence-corrected chi connectivity index (χ3v) is 8.63. The number of aliphatic hydroxyl groups excluding tert-OH is 2. The van der Waals surface area contributed by atoms with E-state index in [9.17, 15) is 39.6 Å². The van der Waals surface area contributed by atoms with Gasteiger partial charge in [-0.15, -0.1) is 0 Å². The predicted octanol–water partition coefficient (Wildman–Crippen LogP) is 2.15. The Morgan fingerprint density at radius 3 is 2.34 bits per heavy atom. The van der Waals surface area contributed by atoms with E-state index in [4.69, 9.17) is 5.73 Å². The number of carbonyl (C=O) groups is 4. The number of aryl methyl sites for hydroxylation is 1. The van der Waals surface area contributed by atoms with E-state index in [-0.39, 0.29) is 48.4 Å². The van der Waals surface area contributed by atoms with Crippen molar-refractivity contribution in [2.24, 2.45) is 17.6 Å². The quantitative estimate of drug-likeness (QED) is 0.331. The first kappa shape index (κ1) is 28.3. The molecule has 6 N–H and O–H groups in total. The van der Waals surface area contributed by atoms with Gasteiger partial charge < -0.3 is 31.0 Å². The van der Waals surface area contributed by atoms with Gasteiger partial charge in [-0.05, 0) is 74.5 Å². The van der Waals surface area contributed by atoms with E-state index in [1.807, 2.05) is 30.3 Å². The number of fused-ring (bicyclic) bond motifs is 3. The third kappa shape index (κ3) is 4.17. The molecule has 3 aliphatic carbocycles. The molecule has 41 heavy (non-hydrogen) atoms. The smallest absolute Gasteiger partial charge is 0.255 e. The van der Waals surface area contributed by atoms with Crippen LogP contribution in [0.2, 0.25) is 0 Å². The van der Waals surface area contributed by atoms with E-state index in [1.165, 1.54) is 11.8 Å². The summed E-state index contributed by atoms with van der Waals surface area (Å²) in [5.41, 5.74) is 4.11. The molecule has 0 spiro atoms. The van der Waals surface area contributed by atoms with Crippen LogP contribution in [0.1, 0.15) is 36.5 Å². The number of carbonyl (C=O) groups excluding carboxylic acids is 4. The summed E-state index contributed by atoms with van der Waals surface area (Å²) in [4.78, 5) is 52.7. The number of phenols is 1. The molecule has 4 atom stereocenters. The number of benzene rings is 2. The number of nitrogens with two attached hydrogens (primary N) is 1. The minimum absolute atomic E-state index is 0.00679. The second kappa shape index (κ2) is 9.97. The number of phenolic OH excluding ortho intramolecular Hbond substituents is 1. The zero-order valence-electron chi connectivity index (χ0n) is 23.0. The number of ketones is 3. The summed E-state index contributed by atoms with van der Waals surface area (Å²) in [5, 5.41) is 45.8. The second-order valence-electron chi connectivity index (χ2n) is 11.3. The van der Waals surface area contributed by atoms with E-state index < -0.39 is 58.0 Å². The van der Waals surface area contributed by atoms with Crippen molar-refractivity contribution in [2.45, 2.75) is 44.2 Å². The molecule has 0 aromatic heterocycles. The molecule has 0 heterocycles. The molecule has 4 unspecified atom stereocenters. The summed E-state index contributed by atoms with van der Waals surface area (Å²) in [6.07, 6.45) is 0.528. The number of hydrogen-bond acceptors (Lipinski definition) is 9. The number of aliphatic hydroxyl groups is 3. The monoisotopic (exact) mass is 560 g/mol. The Balaban J connectivity index is 1.76. The molecule has 2 aromatic rings. The van der Waals surface area contributed by atoms with E-state index >= 15 is 0 Å². The fourth-order valence-electron chi connectivity index (χ4n) is 6.74. The molecule has 1 saturated carbocycles. The van der Waals surface area contributed by atoms with E-state index in [1.54, 1.807) is 20.2 Å². The van der Waals surface area contributed by atoms with Crippen LogP contribution in [0.25, 0.3) is 16.9 Å². The van der Waals surface area contributed by atoms with Crippen LogP contribution < -0.4 is 5.73 Å². The average Bonchev–Trinajstić information content (AvgIpc) is 2.90. The van der Waals surface area contributed by atoms with Crippen molar-refractivity contribution >= 4 is 29.0 Å². The topological polar surface area (TPSA) is 178 Å². The highest BCUT2D eigenvalue weighted by atomic mass is 16.3. The molecule has 1 amide bonds. The molecule has 0 aliphatic heterocycles. The van der Waals surface area contributed by atoms with Gasteiger partial charge in [0.15, 0.2) is 11.4 Å². The summed E-state index contributed by atoms with van der Waals surface area (Å²) >= 11 is 0. The van der Waals surface area contributed by atoms with Gasteiger partial charge in [0.2, 0.25) is 5.78 Å². The fraction of sp³-hybridized carbons (Fsp3) is 0.355.